The number of hydrogen-bond donors (Lipinski definition) is 1. The van der Waals surface area contributed by atoms with Gasteiger partial charge in [-0.15, -0.1) is 0 Å². The number of amides is 1. The Morgan fingerprint density at radius 2 is 1.81 bits per heavy atom. The molecule has 2 fully saturated rings. The average molecular weight is 525 g/mol. The van der Waals surface area contributed by atoms with Crippen LogP contribution in [0.1, 0.15) is 72.6 Å². The maximum atomic E-state index is 14.2. The minimum absolute atomic E-state index is 0.0654. The summed E-state index contributed by atoms with van der Waals surface area (Å²) in [5.74, 6) is -0.416. The fraction of sp³-hybridized carbons (Fsp3) is 0.414. The molecular formula is C29H31ClF2N4O. The van der Waals surface area contributed by atoms with Crippen LogP contribution in [0.15, 0.2) is 48.7 Å². The number of anilines is 1. The summed E-state index contributed by atoms with van der Waals surface area (Å²) in [4.78, 5) is 25.4. The van der Waals surface area contributed by atoms with Crippen LogP contribution in [0.3, 0.4) is 0 Å². The van der Waals surface area contributed by atoms with Crippen molar-refractivity contribution in [2.24, 2.45) is 5.92 Å². The molecule has 2 aromatic carbocycles. The van der Waals surface area contributed by atoms with Crippen molar-refractivity contribution in [3.05, 3.63) is 87.7 Å². The van der Waals surface area contributed by atoms with Gasteiger partial charge in [0, 0.05) is 47.9 Å². The molecule has 194 valence electrons. The fourth-order valence-corrected chi connectivity index (χ4v) is 5.74. The summed E-state index contributed by atoms with van der Waals surface area (Å²) >= 11 is 6.20. The van der Waals surface area contributed by atoms with E-state index in [0.29, 0.717) is 28.1 Å². The number of nitrogens with one attached hydrogen (secondary N) is 1. The molecule has 2 heterocycles. The Morgan fingerprint density at radius 3 is 2.49 bits per heavy atom. The largest absolute Gasteiger partial charge is 0.348 e. The molecule has 5 nitrogen and oxygen atoms in total. The normalized spacial score (nSPS) is 17.7. The Balaban J connectivity index is 1.53. The first-order chi connectivity index (χ1) is 17.9. The van der Waals surface area contributed by atoms with Crippen molar-refractivity contribution >= 4 is 23.5 Å². The van der Waals surface area contributed by atoms with Crippen LogP contribution in [-0.4, -0.2) is 29.0 Å². The van der Waals surface area contributed by atoms with Crippen LogP contribution in [0.4, 0.5) is 14.7 Å². The SMILES string of the molecule is CC1CCN(c2ncc(C(=O)NCc3ccc(F)cc3F)c(C3(c4ccc(Cl)cc4)CCCC3)n2)CC1. The van der Waals surface area contributed by atoms with Gasteiger partial charge in [-0.2, -0.15) is 0 Å². The van der Waals surface area contributed by atoms with E-state index in [4.69, 9.17) is 16.6 Å². The van der Waals surface area contributed by atoms with Gasteiger partial charge in [-0.05, 0) is 55.4 Å². The maximum Gasteiger partial charge on any atom is 0.255 e. The first-order valence-electron chi connectivity index (χ1n) is 13.0. The Labute approximate surface area is 221 Å². The number of carbonyl (C=O) groups is 1. The minimum atomic E-state index is -0.695. The highest BCUT2D eigenvalue weighted by atomic mass is 35.5. The lowest BCUT2D eigenvalue weighted by Crippen LogP contribution is -2.37. The Morgan fingerprint density at radius 1 is 1.11 bits per heavy atom. The van der Waals surface area contributed by atoms with Gasteiger partial charge in [-0.1, -0.05) is 49.6 Å². The van der Waals surface area contributed by atoms with E-state index in [-0.39, 0.29) is 18.0 Å². The smallest absolute Gasteiger partial charge is 0.255 e. The molecular weight excluding hydrogens is 494 g/mol. The van der Waals surface area contributed by atoms with Crippen LogP contribution >= 0.6 is 11.6 Å². The van der Waals surface area contributed by atoms with Crippen molar-refractivity contribution in [3.8, 4) is 0 Å². The second kappa shape index (κ2) is 10.7. The van der Waals surface area contributed by atoms with Crippen molar-refractivity contribution in [2.45, 2.75) is 57.4 Å². The zero-order chi connectivity index (χ0) is 26.0. The number of nitrogens with zero attached hydrogens (tertiary/aromatic N) is 3. The molecule has 1 aromatic heterocycles. The van der Waals surface area contributed by atoms with Crippen molar-refractivity contribution in [1.82, 2.24) is 15.3 Å². The van der Waals surface area contributed by atoms with Crippen LogP contribution in [0.2, 0.25) is 5.02 Å². The number of piperidine rings is 1. The van der Waals surface area contributed by atoms with Crippen molar-refractivity contribution < 1.29 is 13.6 Å². The highest BCUT2D eigenvalue weighted by Gasteiger charge is 2.42. The van der Waals surface area contributed by atoms with E-state index in [1.165, 1.54) is 12.1 Å². The molecule has 37 heavy (non-hydrogen) atoms. The summed E-state index contributed by atoms with van der Waals surface area (Å²) < 4.78 is 27.5. The Kier molecular flexibility index (Phi) is 7.43. The highest BCUT2D eigenvalue weighted by molar-refractivity contribution is 6.30. The third-order valence-electron chi connectivity index (χ3n) is 7.85. The lowest BCUT2D eigenvalue weighted by atomic mass is 9.74. The van der Waals surface area contributed by atoms with Crippen LogP contribution in [-0.2, 0) is 12.0 Å². The number of carbonyl (C=O) groups excluding carboxylic acids is 1. The summed E-state index contributed by atoms with van der Waals surface area (Å²) in [6.07, 6.45) is 7.51. The summed E-state index contributed by atoms with van der Waals surface area (Å²) in [6.45, 7) is 3.95. The van der Waals surface area contributed by atoms with Crippen LogP contribution in [0.25, 0.3) is 0 Å². The van der Waals surface area contributed by atoms with E-state index in [9.17, 15) is 13.6 Å². The van der Waals surface area contributed by atoms with E-state index in [1.54, 1.807) is 6.20 Å². The second-order valence-corrected chi connectivity index (χ2v) is 10.8. The molecule has 1 aliphatic carbocycles. The van der Waals surface area contributed by atoms with Crippen molar-refractivity contribution in [1.29, 1.82) is 0 Å². The third-order valence-corrected chi connectivity index (χ3v) is 8.10. The summed E-state index contributed by atoms with van der Waals surface area (Å²) in [5, 5.41) is 3.46. The van der Waals surface area contributed by atoms with E-state index in [2.05, 4.69) is 22.1 Å². The molecule has 3 aromatic rings. The van der Waals surface area contributed by atoms with Gasteiger partial charge in [-0.3, -0.25) is 4.79 Å². The van der Waals surface area contributed by atoms with Crippen LogP contribution in [0.5, 0.6) is 0 Å². The summed E-state index contributed by atoms with van der Waals surface area (Å²) in [7, 11) is 0. The molecule has 1 aliphatic heterocycles. The second-order valence-electron chi connectivity index (χ2n) is 10.3. The number of benzene rings is 2. The minimum Gasteiger partial charge on any atom is -0.348 e. The number of hydrogen-bond acceptors (Lipinski definition) is 4. The molecule has 5 rings (SSSR count). The van der Waals surface area contributed by atoms with Crippen molar-refractivity contribution in [3.63, 3.8) is 0 Å². The molecule has 0 radical (unpaired) electrons. The monoisotopic (exact) mass is 524 g/mol. The predicted octanol–water partition coefficient (Wildman–Crippen LogP) is 6.43. The van der Waals surface area contributed by atoms with E-state index in [1.807, 2.05) is 24.3 Å². The molecule has 1 N–H and O–H groups in total. The van der Waals surface area contributed by atoms with E-state index >= 15 is 0 Å². The van der Waals surface area contributed by atoms with Gasteiger partial charge in [0.25, 0.3) is 5.91 Å². The van der Waals surface area contributed by atoms with Crippen molar-refractivity contribution in [2.75, 3.05) is 18.0 Å². The maximum absolute atomic E-state index is 14.2. The number of halogens is 3. The molecule has 1 saturated heterocycles. The molecule has 8 heteroatoms. The topological polar surface area (TPSA) is 58.1 Å². The summed E-state index contributed by atoms with van der Waals surface area (Å²) in [6, 6.07) is 11.1. The van der Waals surface area contributed by atoms with Gasteiger partial charge in [0.05, 0.1) is 11.3 Å². The van der Waals surface area contributed by atoms with Gasteiger partial charge in [0.2, 0.25) is 5.95 Å². The predicted molar refractivity (Wildman–Crippen MR) is 141 cm³/mol. The zero-order valence-corrected chi connectivity index (χ0v) is 21.7. The number of rotatable bonds is 6. The molecule has 1 amide bonds. The first-order valence-corrected chi connectivity index (χ1v) is 13.3. The standard InChI is InChI=1S/C29H31ClF2N4O/c1-19-10-14-36(15-11-19)28-34-18-24(27(37)33-17-20-4-9-23(31)16-25(20)32)26(35-28)29(12-2-3-13-29)21-5-7-22(30)8-6-21/h4-9,16,18-19H,2-3,10-15,17H2,1H3,(H,33,37). The van der Waals surface area contributed by atoms with Gasteiger partial charge in [-0.25, -0.2) is 18.7 Å². The molecule has 1 saturated carbocycles. The molecule has 0 unspecified atom stereocenters. The molecule has 0 spiro atoms. The quantitative estimate of drug-likeness (QED) is 0.403. The van der Waals surface area contributed by atoms with Gasteiger partial charge >= 0.3 is 0 Å². The van der Waals surface area contributed by atoms with Crippen LogP contribution < -0.4 is 10.2 Å². The lowest BCUT2D eigenvalue weighted by Gasteiger charge is -2.34. The average Bonchev–Trinajstić information content (AvgIpc) is 3.40. The zero-order valence-electron chi connectivity index (χ0n) is 20.9. The van der Waals surface area contributed by atoms with Gasteiger partial charge in [0.1, 0.15) is 11.6 Å². The molecule has 0 bridgehead atoms. The molecule has 2 aliphatic rings. The number of aromatic nitrogens is 2. The van der Waals surface area contributed by atoms with E-state index < -0.39 is 17.0 Å². The fourth-order valence-electron chi connectivity index (χ4n) is 5.61. The Bertz CT molecular complexity index is 1270. The summed E-state index contributed by atoms with van der Waals surface area (Å²) in [5.41, 5.74) is 1.93. The lowest BCUT2D eigenvalue weighted by molar-refractivity contribution is 0.0947. The van der Waals surface area contributed by atoms with E-state index in [0.717, 1.165) is 63.2 Å². The first kappa shape index (κ1) is 25.6. The highest BCUT2D eigenvalue weighted by Crippen LogP contribution is 2.47. The van der Waals surface area contributed by atoms with Gasteiger partial charge < -0.3 is 10.2 Å². The Hall–Kier alpha value is -3.06. The molecule has 0 atom stereocenters. The van der Waals surface area contributed by atoms with Crippen LogP contribution in [0, 0.1) is 17.6 Å². The van der Waals surface area contributed by atoms with Gasteiger partial charge in [0.15, 0.2) is 0 Å². The third kappa shape index (κ3) is 5.33.